The van der Waals surface area contributed by atoms with E-state index in [9.17, 15) is 28.8 Å². The molecular weight excluding hydrogens is 827 g/mol. The van der Waals surface area contributed by atoms with Crippen molar-refractivity contribution in [1.82, 2.24) is 29.4 Å². The molecule has 2 aromatic heterocycles. The van der Waals surface area contributed by atoms with Crippen molar-refractivity contribution in [1.29, 1.82) is 0 Å². The molecule has 8 rings (SSSR count). The molecule has 3 aliphatic heterocycles. The minimum absolute atomic E-state index is 0.00243. The van der Waals surface area contributed by atoms with Gasteiger partial charge in [-0.3, -0.25) is 29.1 Å². The number of carbonyl (C=O) groups is 6. The van der Waals surface area contributed by atoms with E-state index in [0.717, 1.165) is 21.6 Å². The van der Waals surface area contributed by atoms with Crippen molar-refractivity contribution in [2.75, 3.05) is 55.6 Å². The molecule has 2 saturated heterocycles. The highest BCUT2D eigenvalue weighted by atomic mass is 16.6. The van der Waals surface area contributed by atoms with Gasteiger partial charge in [0.05, 0.1) is 30.9 Å². The van der Waals surface area contributed by atoms with Gasteiger partial charge in [0.15, 0.2) is 12.5 Å². The van der Waals surface area contributed by atoms with Crippen LogP contribution in [0.15, 0.2) is 77.6 Å². The maximum Gasteiger partial charge on any atom is 0.411 e. The second-order valence-electron chi connectivity index (χ2n) is 16.7. The second kappa shape index (κ2) is 18.6. The van der Waals surface area contributed by atoms with E-state index in [1.165, 1.54) is 9.80 Å². The van der Waals surface area contributed by atoms with Gasteiger partial charge in [0.25, 0.3) is 11.8 Å². The number of morpholine rings is 1. The number of anilines is 3. The van der Waals surface area contributed by atoms with Gasteiger partial charge in [0.1, 0.15) is 23.9 Å². The van der Waals surface area contributed by atoms with Crippen molar-refractivity contribution < 1.29 is 47.5 Å². The van der Waals surface area contributed by atoms with Crippen molar-refractivity contribution in [3.05, 3.63) is 89.9 Å². The average molecular weight is 876 g/mol. The van der Waals surface area contributed by atoms with Crippen LogP contribution in [-0.4, -0.2) is 111 Å². The van der Waals surface area contributed by atoms with Crippen molar-refractivity contribution in [2.45, 2.75) is 70.9 Å². The predicted octanol–water partition coefficient (Wildman–Crippen LogP) is 6.04. The Morgan fingerprint density at radius 2 is 1.72 bits per heavy atom. The molecule has 7 amide bonds. The number of unbranched alkanes of at least 4 members (excludes halogenated alkanes) is 1. The Kier molecular flexibility index (Phi) is 12.6. The summed E-state index contributed by atoms with van der Waals surface area (Å²) in [6.07, 6.45) is 2.57. The van der Waals surface area contributed by atoms with Gasteiger partial charge in [-0.2, -0.15) is 0 Å². The second-order valence-corrected chi connectivity index (χ2v) is 16.7. The van der Waals surface area contributed by atoms with Gasteiger partial charge >= 0.3 is 12.1 Å². The van der Waals surface area contributed by atoms with E-state index in [2.05, 4.69) is 26.1 Å². The summed E-state index contributed by atoms with van der Waals surface area (Å²) >= 11 is 0. The Hall–Kier alpha value is -7.28. The summed E-state index contributed by atoms with van der Waals surface area (Å²) in [5.74, 6) is -0.0764. The topological polar surface area (TPSA) is 220 Å². The van der Waals surface area contributed by atoms with Crippen molar-refractivity contribution in [2.24, 2.45) is 0 Å². The van der Waals surface area contributed by atoms with E-state index in [-0.39, 0.29) is 43.0 Å². The molecule has 2 fully saturated rings. The number of aromatic nitrogens is 3. The fourth-order valence-corrected chi connectivity index (χ4v) is 7.68. The molecule has 3 aromatic carbocycles. The summed E-state index contributed by atoms with van der Waals surface area (Å²) < 4.78 is 23.8. The number of piperidine rings is 1. The molecule has 0 aliphatic carbocycles. The number of rotatable bonds is 13. The number of carbonyl (C=O) groups excluding carboxylic acids is 6. The van der Waals surface area contributed by atoms with Gasteiger partial charge in [0.2, 0.25) is 11.8 Å². The van der Waals surface area contributed by atoms with Crippen LogP contribution in [0.25, 0.3) is 16.7 Å². The van der Waals surface area contributed by atoms with Gasteiger partial charge in [-0.1, -0.05) is 32.0 Å². The monoisotopic (exact) mass is 875 g/mol. The van der Waals surface area contributed by atoms with Crippen LogP contribution in [-0.2, 0) is 35.8 Å². The van der Waals surface area contributed by atoms with E-state index in [0.29, 0.717) is 85.6 Å². The summed E-state index contributed by atoms with van der Waals surface area (Å²) in [5, 5.41) is 12.3. The third-order valence-electron chi connectivity index (χ3n) is 11.2. The molecule has 64 heavy (non-hydrogen) atoms. The molecule has 0 spiro atoms. The number of imidazole rings is 1. The molecule has 19 heteroatoms. The minimum Gasteiger partial charge on any atom is -0.494 e. The highest BCUT2D eigenvalue weighted by Gasteiger charge is 2.44. The highest BCUT2D eigenvalue weighted by Crippen LogP contribution is 2.34. The highest BCUT2D eigenvalue weighted by molar-refractivity contribution is 6.07. The van der Waals surface area contributed by atoms with E-state index in [1.54, 1.807) is 42.7 Å². The number of nitrogens with one attached hydrogen (secondary N) is 3. The van der Waals surface area contributed by atoms with Crippen LogP contribution in [0.5, 0.6) is 5.75 Å². The summed E-state index contributed by atoms with van der Waals surface area (Å²) in [4.78, 5) is 86.2. The predicted molar refractivity (Wildman–Crippen MR) is 232 cm³/mol. The summed E-state index contributed by atoms with van der Waals surface area (Å²) in [6, 6.07) is 18.3. The SMILES string of the molecule is CC(C)(C)c1cc(NC(=O)Nc2ccc(-n3cnc4cc(OCCCCC(=O)Nc5cccc6c5CN(C5CCC(=O)N(COC(=O)N7CCOCC7)C5=O)C6=O)ccc43)cc2)no1. The molecule has 5 heterocycles. The normalized spacial score (nSPS) is 16.5. The summed E-state index contributed by atoms with van der Waals surface area (Å²) in [7, 11) is 0. The molecule has 0 radical (unpaired) electrons. The smallest absolute Gasteiger partial charge is 0.411 e. The van der Waals surface area contributed by atoms with Crippen LogP contribution in [0.2, 0.25) is 0 Å². The fourth-order valence-electron chi connectivity index (χ4n) is 7.68. The Morgan fingerprint density at radius 3 is 2.48 bits per heavy atom. The Bertz CT molecular complexity index is 2570. The fraction of sp³-hybridized carbons (Fsp3) is 0.378. The Balaban J connectivity index is 0.782. The molecule has 1 atom stereocenters. The Morgan fingerprint density at radius 1 is 0.922 bits per heavy atom. The maximum absolute atomic E-state index is 13.6. The van der Waals surface area contributed by atoms with Gasteiger partial charge in [-0.05, 0) is 67.8 Å². The number of hydrogen-bond donors (Lipinski definition) is 3. The van der Waals surface area contributed by atoms with Crippen LogP contribution in [0.3, 0.4) is 0 Å². The van der Waals surface area contributed by atoms with Gasteiger partial charge in [-0.15, -0.1) is 0 Å². The average Bonchev–Trinajstić information content (AvgIpc) is 4.02. The minimum atomic E-state index is -0.933. The molecule has 1 unspecified atom stereocenters. The van der Waals surface area contributed by atoms with Crippen molar-refractivity contribution in [3.63, 3.8) is 0 Å². The van der Waals surface area contributed by atoms with E-state index in [1.807, 2.05) is 55.7 Å². The third-order valence-corrected chi connectivity index (χ3v) is 11.2. The van der Waals surface area contributed by atoms with Crippen LogP contribution < -0.4 is 20.7 Å². The largest absolute Gasteiger partial charge is 0.494 e. The third kappa shape index (κ3) is 9.68. The number of ether oxygens (including phenoxy) is 3. The van der Waals surface area contributed by atoms with E-state index >= 15 is 0 Å². The zero-order valence-electron chi connectivity index (χ0n) is 35.8. The lowest BCUT2D eigenvalue weighted by atomic mass is 9.93. The molecule has 19 nitrogen and oxygen atoms in total. The Labute approximate surface area is 368 Å². The number of nitrogens with zero attached hydrogens (tertiary/aromatic N) is 6. The van der Waals surface area contributed by atoms with E-state index in [4.69, 9.17) is 18.7 Å². The lowest BCUT2D eigenvalue weighted by Gasteiger charge is -2.35. The van der Waals surface area contributed by atoms with Crippen LogP contribution >= 0.6 is 0 Å². The van der Waals surface area contributed by atoms with Crippen molar-refractivity contribution >= 4 is 64.0 Å². The molecular formula is C45H49N9O10. The summed E-state index contributed by atoms with van der Waals surface area (Å²) in [5.41, 5.74) is 4.24. The van der Waals surface area contributed by atoms with Crippen LogP contribution in [0.4, 0.5) is 26.8 Å². The first-order chi connectivity index (χ1) is 30.8. The van der Waals surface area contributed by atoms with Crippen molar-refractivity contribution in [3.8, 4) is 11.4 Å². The zero-order valence-corrected chi connectivity index (χ0v) is 35.8. The first-order valence-corrected chi connectivity index (χ1v) is 21.1. The molecule has 5 aromatic rings. The number of likely N-dealkylation sites (tertiary alicyclic amines) is 1. The first kappa shape index (κ1) is 43.4. The number of amides is 7. The number of fused-ring (bicyclic) bond motifs is 2. The summed E-state index contributed by atoms with van der Waals surface area (Å²) in [6.45, 7) is 7.33. The standard InChI is InChI=1S/C45H49N9O10/c1-45(2,3)37-24-38(50-64-37)49-43(59)47-28-10-12-29(13-11-28)53-26-46-34-23-30(14-15-35(34)53)62-20-5-4-9-39(55)48-33-8-6-7-31-32(33)25-52(41(31)57)36-16-17-40(56)54(42(36)58)27-63-44(60)51-18-21-61-22-19-51/h6-8,10-15,23-24,26,36H,4-5,9,16-22,25,27H2,1-3H3,(H,48,55)(H2,47,49,50,59). The number of imide groups is 1. The maximum atomic E-state index is 13.6. The van der Waals surface area contributed by atoms with Crippen LogP contribution in [0.1, 0.15) is 74.6 Å². The number of benzene rings is 3. The lowest BCUT2D eigenvalue weighted by Crippen LogP contribution is -2.55. The lowest BCUT2D eigenvalue weighted by molar-refractivity contribution is -0.157. The van der Waals surface area contributed by atoms with Gasteiger partial charge in [-0.25, -0.2) is 19.5 Å². The molecule has 0 saturated carbocycles. The zero-order chi connectivity index (χ0) is 45.0. The molecule has 334 valence electrons. The molecule has 0 bridgehead atoms. The molecule has 3 aliphatic rings. The quantitative estimate of drug-likeness (QED) is 0.0911. The van der Waals surface area contributed by atoms with Gasteiger partial charge in [0, 0.05) is 78.2 Å². The first-order valence-electron chi connectivity index (χ1n) is 21.1. The van der Waals surface area contributed by atoms with Gasteiger partial charge < -0.3 is 39.2 Å². The molecule has 3 N–H and O–H groups in total. The number of hydrogen-bond acceptors (Lipinski definition) is 12. The van der Waals surface area contributed by atoms with E-state index < -0.39 is 36.7 Å². The number of urea groups is 1. The van der Waals surface area contributed by atoms with Crippen LogP contribution in [0, 0.1) is 0 Å².